The van der Waals surface area contributed by atoms with E-state index in [-0.39, 0.29) is 0 Å². The van der Waals surface area contributed by atoms with E-state index in [4.69, 9.17) is 16.3 Å². The summed E-state index contributed by atoms with van der Waals surface area (Å²) in [5.74, 6) is 0.554. The van der Waals surface area contributed by atoms with E-state index >= 15 is 0 Å². The monoisotopic (exact) mass is 278 g/mol. The zero-order valence-electron chi connectivity index (χ0n) is 11.2. The molecule has 0 aliphatic rings. The van der Waals surface area contributed by atoms with E-state index in [1.165, 1.54) is 10.9 Å². The third-order valence-corrected chi connectivity index (χ3v) is 3.09. The Morgan fingerprint density at radius 3 is 2.95 bits per heavy atom. The standard InChI is InChI=1S/C15H19ClN2O/c1-18(7-9-19-8-6-16)12-13-10-14-4-2-3-5-15(14)17-11-13/h2-5,10-11H,6-9,12H2,1H3. The molecule has 4 heteroatoms. The number of benzene rings is 1. The van der Waals surface area contributed by atoms with Gasteiger partial charge in [-0.15, -0.1) is 11.6 Å². The molecule has 0 spiro atoms. The quantitative estimate of drug-likeness (QED) is 0.575. The summed E-state index contributed by atoms with van der Waals surface area (Å²) in [6.07, 6.45) is 1.94. The van der Waals surface area contributed by atoms with Crippen molar-refractivity contribution < 1.29 is 4.74 Å². The first kappa shape index (κ1) is 14.3. The molecule has 2 rings (SSSR count). The van der Waals surface area contributed by atoms with E-state index < -0.39 is 0 Å². The van der Waals surface area contributed by atoms with Gasteiger partial charge in [-0.3, -0.25) is 9.88 Å². The van der Waals surface area contributed by atoms with E-state index in [1.54, 1.807) is 0 Å². The third-order valence-electron chi connectivity index (χ3n) is 2.94. The summed E-state index contributed by atoms with van der Waals surface area (Å²) >= 11 is 5.56. The van der Waals surface area contributed by atoms with Crippen LogP contribution in [0.3, 0.4) is 0 Å². The predicted molar refractivity (Wildman–Crippen MR) is 79.6 cm³/mol. The number of likely N-dealkylation sites (N-methyl/N-ethyl adjacent to an activating group) is 1. The second-order valence-electron chi connectivity index (χ2n) is 4.58. The highest BCUT2D eigenvalue weighted by molar-refractivity contribution is 6.17. The largest absolute Gasteiger partial charge is 0.379 e. The normalized spacial score (nSPS) is 11.3. The summed E-state index contributed by atoms with van der Waals surface area (Å²) in [5.41, 5.74) is 2.26. The van der Waals surface area contributed by atoms with Crippen molar-refractivity contribution in [2.75, 3.05) is 32.7 Å². The molecule has 0 aliphatic heterocycles. The van der Waals surface area contributed by atoms with Gasteiger partial charge >= 0.3 is 0 Å². The maximum Gasteiger partial charge on any atom is 0.0702 e. The van der Waals surface area contributed by atoms with Crippen molar-refractivity contribution in [3.05, 3.63) is 42.1 Å². The van der Waals surface area contributed by atoms with Crippen LogP contribution in [0.1, 0.15) is 5.56 Å². The fraction of sp³-hybridized carbons (Fsp3) is 0.400. The van der Waals surface area contributed by atoms with Gasteiger partial charge < -0.3 is 4.74 Å². The van der Waals surface area contributed by atoms with Gasteiger partial charge in [0.1, 0.15) is 0 Å². The van der Waals surface area contributed by atoms with Gasteiger partial charge in [0.15, 0.2) is 0 Å². The van der Waals surface area contributed by atoms with Crippen LogP contribution in [-0.2, 0) is 11.3 Å². The van der Waals surface area contributed by atoms with Crippen molar-refractivity contribution in [1.29, 1.82) is 0 Å². The van der Waals surface area contributed by atoms with E-state index in [0.29, 0.717) is 19.1 Å². The highest BCUT2D eigenvalue weighted by atomic mass is 35.5. The molecule has 19 heavy (non-hydrogen) atoms. The van der Waals surface area contributed by atoms with Crippen molar-refractivity contribution >= 4 is 22.5 Å². The number of hydrogen-bond acceptors (Lipinski definition) is 3. The third kappa shape index (κ3) is 4.46. The van der Waals surface area contributed by atoms with Crippen LogP contribution in [0.5, 0.6) is 0 Å². The lowest BCUT2D eigenvalue weighted by molar-refractivity contribution is 0.121. The molecular weight excluding hydrogens is 260 g/mol. The minimum Gasteiger partial charge on any atom is -0.379 e. The first-order chi connectivity index (χ1) is 9.29. The summed E-state index contributed by atoms with van der Waals surface area (Å²) in [5, 5.41) is 1.19. The number of rotatable bonds is 7. The minimum atomic E-state index is 0.554. The summed E-state index contributed by atoms with van der Waals surface area (Å²) in [6, 6.07) is 10.4. The second kappa shape index (κ2) is 7.43. The fourth-order valence-corrected chi connectivity index (χ4v) is 2.08. The molecule has 0 N–H and O–H groups in total. The number of pyridine rings is 1. The summed E-state index contributed by atoms with van der Waals surface area (Å²) in [7, 11) is 2.08. The van der Waals surface area contributed by atoms with Crippen LogP contribution in [0.2, 0.25) is 0 Å². The van der Waals surface area contributed by atoms with Gasteiger partial charge in [0.2, 0.25) is 0 Å². The Morgan fingerprint density at radius 1 is 1.26 bits per heavy atom. The summed E-state index contributed by atoms with van der Waals surface area (Å²) in [4.78, 5) is 6.69. The van der Waals surface area contributed by atoms with Crippen molar-refractivity contribution in [3.8, 4) is 0 Å². The molecule has 2 aromatic rings. The van der Waals surface area contributed by atoms with Crippen LogP contribution in [0.15, 0.2) is 36.5 Å². The van der Waals surface area contributed by atoms with Gasteiger partial charge in [-0.1, -0.05) is 18.2 Å². The zero-order valence-corrected chi connectivity index (χ0v) is 11.9. The number of aromatic nitrogens is 1. The van der Waals surface area contributed by atoms with Crippen LogP contribution in [0.25, 0.3) is 10.9 Å². The molecule has 0 fully saturated rings. The average Bonchev–Trinajstić information content (AvgIpc) is 2.43. The molecule has 1 aromatic carbocycles. The van der Waals surface area contributed by atoms with Crippen molar-refractivity contribution in [1.82, 2.24) is 9.88 Å². The molecule has 0 atom stereocenters. The zero-order chi connectivity index (χ0) is 13.5. The van der Waals surface area contributed by atoms with Crippen molar-refractivity contribution in [3.63, 3.8) is 0 Å². The van der Waals surface area contributed by atoms with Gasteiger partial charge in [-0.05, 0) is 24.7 Å². The molecule has 0 amide bonds. The average molecular weight is 279 g/mol. The van der Waals surface area contributed by atoms with Gasteiger partial charge in [-0.2, -0.15) is 0 Å². The highest BCUT2D eigenvalue weighted by Gasteiger charge is 2.02. The Labute approximate surface area is 119 Å². The number of hydrogen-bond donors (Lipinski definition) is 0. The molecule has 0 saturated heterocycles. The Kier molecular flexibility index (Phi) is 5.58. The highest BCUT2D eigenvalue weighted by Crippen LogP contribution is 2.13. The predicted octanol–water partition coefficient (Wildman–Crippen LogP) is 2.92. The van der Waals surface area contributed by atoms with E-state index in [9.17, 15) is 0 Å². The molecule has 1 heterocycles. The SMILES string of the molecule is CN(CCOCCCl)Cc1cnc2ccccc2c1. The fourth-order valence-electron chi connectivity index (χ4n) is 1.97. The van der Waals surface area contributed by atoms with Crippen LogP contribution in [0, 0.1) is 0 Å². The Morgan fingerprint density at radius 2 is 2.11 bits per heavy atom. The maximum absolute atomic E-state index is 5.56. The Balaban J connectivity index is 1.89. The first-order valence-corrected chi connectivity index (χ1v) is 6.99. The topological polar surface area (TPSA) is 25.4 Å². The minimum absolute atomic E-state index is 0.554. The van der Waals surface area contributed by atoms with E-state index in [0.717, 1.165) is 18.6 Å². The molecule has 0 unspecified atom stereocenters. The molecule has 0 bridgehead atoms. The van der Waals surface area contributed by atoms with Crippen molar-refractivity contribution in [2.45, 2.75) is 6.54 Å². The van der Waals surface area contributed by atoms with Crippen molar-refractivity contribution in [2.24, 2.45) is 0 Å². The van der Waals surface area contributed by atoms with Crippen LogP contribution in [-0.4, -0.2) is 42.6 Å². The van der Waals surface area contributed by atoms with Crippen LogP contribution in [0.4, 0.5) is 0 Å². The molecule has 102 valence electrons. The first-order valence-electron chi connectivity index (χ1n) is 6.45. The number of alkyl halides is 1. The van der Waals surface area contributed by atoms with Gasteiger partial charge in [0.05, 0.1) is 18.7 Å². The molecule has 3 nitrogen and oxygen atoms in total. The van der Waals surface area contributed by atoms with Crippen LogP contribution < -0.4 is 0 Å². The second-order valence-corrected chi connectivity index (χ2v) is 4.95. The number of halogens is 1. The molecule has 0 aliphatic carbocycles. The van der Waals surface area contributed by atoms with Gasteiger partial charge in [-0.25, -0.2) is 0 Å². The van der Waals surface area contributed by atoms with Crippen LogP contribution >= 0.6 is 11.6 Å². The lowest BCUT2D eigenvalue weighted by Gasteiger charge is -2.16. The Hall–Kier alpha value is -1.16. The number of nitrogens with zero attached hydrogens (tertiary/aromatic N) is 2. The number of ether oxygens (including phenoxy) is 1. The summed E-state index contributed by atoms with van der Waals surface area (Å²) in [6.45, 7) is 3.10. The lowest BCUT2D eigenvalue weighted by Crippen LogP contribution is -2.23. The molecule has 0 saturated carbocycles. The maximum atomic E-state index is 5.56. The number of para-hydroxylation sites is 1. The Bertz CT molecular complexity index is 518. The van der Waals surface area contributed by atoms with Gasteiger partial charge in [0, 0.05) is 30.6 Å². The van der Waals surface area contributed by atoms with Gasteiger partial charge in [0.25, 0.3) is 0 Å². The molecular formula is C15H19ClN2O. The number of fused-ring (bicyclic) bond motifs is 1. The molecule has 0 radical (unpaired) electrons. The van der Waals surface area contributed by atoms with E-state index in [2.05, 4.69) is 29.1 Å². The lowest BCUT2D eigenvalue weighted by atomic mass is 10.1. The summed E-state index contributed by atoms with van der Waals surface area (Å²) < 4.78 is 5.37. The molecule has 1 aromatic heterocycles. The van der Waals surface area contributed by atoms with E-state index in [1.807, 2.05) is 24.4 Å². The smallest absolute Gasteiger partial charge is 0.0702 e.